The molecule has 0 aliphatic rings. The summed E-state index contributed by atoms with van der Waals surface area (Å²) in [6.07, 6.45) is 3.77. The van der Waals surface area contributed by atoms with Crippen molar-refractivity contribution in [2.75, 3.05) is 0 Å². The highest BCUT2D eigenvalue weighted by atomic mass is 16.6. The summed E-state index contributed by atoms with van der Waals surface area (Å²) < 4.78 is 5.27. The number of hydrogen-bond donors (Lipinski definition) is 0. The lowest BCUT2D eigenvalue weighted by atomic mass is 9.87. The molecule has 0 aliphatic heterocycles. The highest BCUT2D eigenvalue weighted by Crippen LogP contribution is 2.29. The first kappa shape index (κ1) is 14.6. The van der Waals surface area contributed by atoms with Gasteiger partial charge in [0, 0.05) is 12.5 Å². The molecule has 0 aromatic carbocycles. The number of nitrogens with zero attached hydrogens (tertiary/aromatic N) is 1. The number of aliphatic imine (C=N–C) groups is 1. The van der Waals surface area contributed by atoms with Crippen LogP contribution in [0.1, 0.15) is 40.5 Å². The molecular weight excluding hydrogens is 206 g/mol. The molecule has 0 saturated heterocycles. The number of carbonyl (C=O) groups is 1. The summed E-state index contributed by atoms with van der Waals surface area (Å²) in [6.45, 7) is 10.7. The van der Waals surface area contributed by atoms with Gasteiger partial charge in [0.2, 0.25) is 6.08 Å². The second-order valence-electron chi connectivity index (χ2n) is 4.62. The van der Waals surface area contributed by atoms with Gasteiger partial charge in [-0.15, -0.1) is 0 Å². The van der Waals surface area contributed by atoms with Crippen LogP contribution in [0.3, 0.4) is 0 Å². The van der Waals surface area contributed by atoms with E-state index in [1.54, 1.807) is 13.8 Å². The zero-order valence-electron chi connectivity index (χ0n) is 10.4. The average molecular weight is 225 g/mol. The van der Waals surface area contributed by atoms with Crippen LogP contribution in [0, 0.1) is 0 Å². The van der Waals surface area contributed by atoms with E-state index in [0.717, 1.165) is 6.08 Å². The lowest BCUT2D eigenvalue weighted by molar-refractivity contribution is -0.153. The summed E-state index contributed by atoms with van der Waals surface area (Å²) in [4.78, 5) is 25.1. The Kier molecular flexibility index (Phi) is 5.12. The van der Waals surface area contributed by atoms with Crippen molar-refractivity contribution in [1.82, 2.24) is 0 Å². The number of rotatable bonds is 6. The first-order chi connectivity index (χ1) is 7.28. The standard InChI is InChI=1S/C12H19NO3/c1-6-10(15)16-12(5,7-2)8-11(3,4)13-9-14/h6H,1,7-8H2,2-5H3. The van der Waals surface area contributed by atoms with E-state index in [-0.39, 0.29) is 0 Å². The third-order valence-corrected chi connectivity index (χ3v) is 2.42. The van der Waals surface area contributed by atoms with Gasteiger partial charge in [0.05, 0.1) is 5.54 Å². The van der Waals surface area contributed by atoms with Gasteiger partial charge in [-0.05, 0) is 27.2 Å². The van der Waals surface area contributed by atoms with Crippen molar-refractivity contribution in [2.45, 2.75) is 51.7 Å². The minimum atomic E-state index is -0.644. The molecule has 0 spiro atoms. The molecule has 90 valence electrons. The first-order valence-corrected chi connectivity index (χ1v) is 5.23. The summed E-state index contributed by atoms with van der Waals surface area (Å²) in [7, 11) is 0. The number of carbonyl (C=O) groups excluding carboxylic acids is 2. The minimum absolute atomic E-state index is 0.463. The van der Waals surface area contributed by atoms with Crippen molar-refractivity contribution >= 4 is 12.0 Å². The van der Waals surface area contributed by atoms with E-state index < -0.39 is 17.1 Å². The molecule has 0 radical (unpaired) electrons. The molecule has 0 fully saturated rings. The molecule has 0 bridgehead atoms. The minimum Gasteiger partial charge on any atom is -0.456 e. The first-order valence-electron chi connectivity index (χ1n) is 5.23. The SMILES string of the molecule is C=CC(=O)OC(C)(CC)CC(C)(C)N=C=O. The molecule has 0 heterocycles. The van der Waals surface area contributed by atoms with Crippen molar-refractivity contribution in [2.24, 2.45) is 4.99 Å². The van der Waals surface area contributed by atoms with Gasteiger partial charge >= 0.3 is 5.97 Å². The smallest absolute Gasteiger partial charge is 0.330 e. The quantitative estimate of drug-likeness (QED) is 0.302. The molecule has 0 aromatic heterocycles. The highest BCUT2D eigenvalue weighted by molar-refractivity contribution is 5.81. The van der Waals surface area contributed by atoms with Crippen LogP contribution in [-0.2, 0) is 14.3 Å². The number of ether oxygens (including phenoxy) is 1. The second-order valence-corrected chi connectivity index (χ2v) is 4.62. The molecule has 0 aliphatic carbocycles. The van der Waals surface area contributed by atoms with Gasteiger partial charge in [-0.2, -0.15) is 4.99 Å². The van der Waals surface area contributed by atoms with E-state index in [1.807, 2.05) is 13.8 Å². The van der Waals surface area contributed by atoms with E-state index in [0.29, 0.717) is 12.8 Å². The van der Waals surface area contributed by atoms with Gasteiger partial charge in [0.25, 0.3) is 0 Å². The van der Waals surface area contributed by atoms with Gasteiger partial charge in [0.1, 0.15) is 5.60 Å². The summed E-state index contributed by atoms with van der Waals surface area (Å²) in [6, 6.07) is 0. The fourth-order valence-corrected chi connectivity index (χ4v) is 1.60. The summed E-state index contributed by atoms with van der Waals surface area (Å²) in [5, 5.41) is 0. The van der Waals surface area contributed by atoms with Crippen LogP contribution in [-0.4, -0.2) is 23.2 Å². The maximum Gasteiger partial charge on any atom is 0.330 e. The van der Waals surface area contributed by atoms with E-state index in [1.165, 1.54) is 6.08 Å². The van der Waals surface area contributed by atoms with Crippen LogP contribution in [0.2, 0.25) is 0 Å². The predicted octanol–water partition coefficient (Wildman–Crippen LogP) is 2.39. The number of esters is 1. The Morgan fingerprint density at radius 1 is 1.50 bits per heavy atom. The second kappa shape index (κ2) is 5.61. The normalized spacial score (nSPS) is 14.5. The topological polar surface area (TPSA) is 55.7 Å². The maximum absolute atomic E-state index is 11.2. The van der Waals surface area contributed by atoms with Gasteiger partial charge in [-0.25, -0.2) is 9.59 Å². The van der Waals surface area contributed by atoms with E-state index in [4.69, 9.17) is 4.74 Å². The largest absolute Gasteiger partial charge is 0.456 e. The molecule has 1 atom stereocenters. The van der Waals surface area contributed by atoms with Crippen molar-refractivity contribution in [3.8, 4) is 0 Å². The van der Waals surface area contributed by atoms with Crippen LogP contribution in [0.5, 0.6) is 0 Å². The number of isocyanates is 1. The maximum atomic E-state index is 11.2. The molecule has 0 N–H and O–H groups in total. The Bertz CT molecular complexity index is 316. The zero-order chi connectivity index (χ0) is 12.8. The average Bonchev–Trinajstić information content (AvgIpc) is 2.16. The van der Waals surface area contributed by atoms with Crippen LogP contribution in [0.15, 0.2) is 17.6 Å². The Morgan fingerprint density at radius 2 is 2.06 bits per heavy atom. The Labute approximate surface area is 96.4 Å². The Balaban J connectivity index is 4.77. The monoisotopic (exact) mass is 225 g/mol. The van der Waals surface area contributed by atoms with Crippen LogP contribution >= 0.6 is 0 Å². The van der Waals surface area contributed by atoms with E-state index >= 15 is 0 Å². The van der Waals surface area contributed by atoms with E-state index in [2.05, 4.69) is 11.6 Å². The molecule has 16 heavy (non-hydrogen) atoms. The fraction of sp³-hybridized carbons (Fsp3) is 0.667. The molecular formula is C12H19NO3. The lowest BCUT2D eigenvalue weighted by Gasteiger charge is -2.33. The summed E-state index contributed by atoms with van der Waals surface area (Å²) in [5.41, 5.74) is -1.23. The molecule has 0 aromatic rings. The fourth-order valence-electron chi connectivity index (χ4n) is 1.60. The Morgan fingerprint density at radius 3 is 2.44 bits per heavy atom. The summed E-state index contributed by atoms with van der Waals surface area (Å²) >= 11 is 0. The van der Waals surface area contributed by atoms with Gasteiger partial charge < -0.3 is 4.74 Å². The third kappa shape index (κ3) is 4.89. The van der Waals surface area contributed by atoms with Crippen molar-refractivity contribution in [1.29, 1.82) is 0 Å². The van der Waals surface area contributed by atoms with Gasteiger partial charge in [-0.3, -0.25) is 0 Å². The molecule has 0 saturated carbocycles. The van der Waals surface area contributed by atoms with Gasteiger partial charge in [-0.1, -0.05) is 13.5 Å². The van der Waals surface area contributed by atoms with Crippen molar-refractivity contribution < 1.29 is 14.3 Å². The lowest BCUT2D eigenvalue weighted by Crippen LogP contribution is -2.38. The van der Waals surface area contributed by atoms with Crippen molar-refractivity contribution in [3.05, 3.63) is 12.7 Å². The third-order valence-electron chi connectivity index (χ3n) is 2.42. The van der Waals surface area contributed by atoms with Crippen molar-refractivity contribution in [3.63, 3.8) is 0 Å². The molecule has 1 unspecified atom stereocenters. The molecule has 0 rings (SSSR count). The van der Waals surface area contributed by atoms with Crippen LogP contribution < -0.4 is 0 Å². The molecule has 0 amide bonds. The number of hydrogen-bond acceptors (Lipinski definition) is 4. The summed E-state index contributed by atoms with van der Waals surface area (Å²) in [5.74, 6) is -0.463. The zero-order valence-corrected chi connectivity index (χ0v) is 10.4. The van der Waals surface area contributed by atoms with E-state index in [9.17, 15) is 9.59 Å². The Hall–Kier alpha value is -1.41. The molecule has 4 heteroatoms. The predicted molar refractivity (Wildman–Crippen MR) is 61.8 cm³/mol. The van der Waals surface area contributed by atoms with Crippen LogP contribution in [0.25, 0.3) is 0 Å². The molecule has 4 nitrogen and oxygen atoms in total. The highest BCUT2D eigenvalue weighted by Gasteiger charge is 2.34. The van der Waals surface area contributed by atoms with Crippen LogP contribution in [0.4, 0.5) is 0 Å². The van der Waals surface area contributed by atoms with Gasteiger partial charge in [0.15, 0.2) is 0 Å².